The van der Waals surface area contributed by atoms with Crippen LogP contribution in [0.2, 0.25) is 5.02 Å². The zero-order chi connectivity index (χ0) is 22.6. The molecule has 10 heteroatoms. The number of halogens is 1. The smallest absolute Gasteiger partial charge is 0.269 e. The largest absolute Gasteiger partial charge is 0.324 e. The van der Waals surface area contributed by atoms with Crippen LogP contribution in [0.1, 0.15) is 5.56 Å². The fraction of sp³-hybridized carbons (Fsp3) is 0.0952. The van der Waals surface area contributed by atoms with Crippen LogP contribution in [0.5, 0.6) is 0 Å². The minimum Gasteiger partial charge on any atom is -0.324 e. The molecule has 0 saturated heterocycles. The van der Waals surface area contributed by atoms with Gasteiger partial charge in [0.1, 0.15) is 6.54 Å². The van der Waals surface area contributed by atoms with Gasteiger partial charge in [0.25, 0.3) is 15.7 Å². The number of anilines is 2. The molecule has 0 heterocycles. The van der Waals surface area contributed by atoms with Crippen molar-refractivity contribution < 1.29 is 18.1 Å². The van der Waals surface area contributed by atoms with Crippen molar-refractivity contribution in [2.24, 2.45) is 0 Å². The van der Waals surface area contributed by atoms with Crippen molar-refractivity contribution in [3.63, 3.8) is 0 Å². The van der Waals surface area contributed by atoms with Crippen LogP contribution in [0.3, 0.4) is 0 Å². The second-order valence-electron chi connectivity index (χ2n) is 6.61. The summed E-state index contributed by atoms with van der Waals surface area (Å²) >= 11 is 5.93. The van der Waals surface area contributed by atoms with Crippen LogP contribution < -0.4 is 9.62 Å². The Morgan fingerprint density at radius 3 is 2.29 bits per heavy atom. The lowest BCUT2D eigenvalue weighted by atomic mass is 10.2. The van der Waals surface area contributed by atoms with E-state index in [1.165, 1.54) is 36.4 Å². The highest BCUT2D eigenvalue weighted by atomic mass is 35.5. The van der Waals surface area contributed by atoms with Gasteiger partial charge in [0.15, 0.2) is 0 Å². The molecule has 1 N–H and O–H groups in total. The number of hydrogen-bond donors (Lipinski definition) is 1. The van der Waals surface area contributed by atoms with Crippen LogP contribution in [0.15, 0.2) is 77.7 Å². The summed E-state index contributed by atoms with van der Waals surface area (Å²) in [5.41, 5.74) is 1.14. The number of sulfonamides is 1. The minimum atomic E-state index is -4.11. The Hall–Kier alpha value is -3.43. The monoisotopic (exact) mass is 459 g/mol. The van der Waals surface area contributed by atoms with Crippen LogP contribution in [0.25, 0.3) is 0 Å². The van der Waals surface area contributed by atoms with Crippen molar-refractivity contribution >= 4 is 44.6 Å². The molecule has 31 heavy (non-hydrogen) atoms. The summed E-state index contributed by atoms with van der Waals surface area (Å²) in [5.74, 6) is -0.580. The first kappa shape index (κ1) is 22.3. The van der Waals surface area contributed by atoms with Crippen molar-refractivity contribution in [3.05, 3.63) is 93.5 Å². The fourth-order valence-corrected chi connectivity index (χ4v) is 4.53. The lowest BCUT2D eigenvalue weighted by Crippen LogP contribution is -2.38. The zero-order valence-corrected chi connectivity index (χ0v) is 17.9. The first-order valence-electron chi connectivity index (χ1n) is 9.07. The molecule has 0 radical (unpaired) electrons. The van der Waals surface area contributed by atoms with E-state index in [9.17, 15) is 23.3 Å². The Kier molecular flexibility index (Phi) is 6.57. The first-order chi connectivity index (χ1) is 14.7. The number of carbonyl (C=O) groups is 1. The number of nitrogens with zero attached hydrogens (tertiary/aromatic N) is 2. The molecule has 0 bridgehead atoms. The van der Waals surface area contributed by atoms with E-state index in [4.69, 9.17) is 11.6 Å². The number of carbonyl (C=O) groups excluding carboxylic acids is 1. The third-order valence-electron chi connectivity index (χ3n) is 4.43. The van der Waals surface area contributed by atoms with Crippen molar-refractivity contribution in [2.75, 3.05) is 16.2 Å². The van der Waals surface area contributed by atoms with E-state index in [2.05, 4.69) is 5.32 Å². The lowest BCUT2D eigenvalue weighted by Gasteiger charge is -2.24. The molecule has 0 aromatic heterocycles. The van der Waals surface area contributed by atoms with E-state index in [1.807, 2.05) is 0 Å². The van der Waals surface area contributed by atoms with E-state index < -0.39 is 27.4 Å². The molecular formula is C21H18ClN3O5S. The normalized spacial score (nSPS) is 11.0. The Balaban J connectivity index is 1.95. The lowest BCUT2D eigenvalue weighted by molar-refractivity contribution is -0.384. The maximum Gasteiger partial charge on any atom is 0.269 e. The molecule has 8 nitrogen and oxygen atoms in total. The maximum absolute atomic E-state index is 13.2. The van der Waals surface area contributed by atoms with Crippen molar-refractivity contribution in [3.8, 4) is 0 Å². The first-order valence-corrected chi connectivity index (χ1v) is 10.9. The molecule has 3 aromatic carbocycles. The van der Waals surface area contributed by atoms with Gasteiger partial charge in [0, 0.05) is 22.8 Å². The van der Waals surface area contributed by atoms with Crippen molar-refractivity contribution in [1.82, 2.24) is 0 Å². The Labute approximate surface area is 184 Å². The summed E-state index contributed by atoms with van der Waals surface area (Å²) in [5, 5.41) is 14.1. The molecule has 0 aliphatic rings. The van der Waals surface area contributed by atoms with Crippen LogP contribution in [0, 0.1) is 17.0 Å². The van der Waals surface area contributed by atoms with Gasteiger partial charge < -0.3 is 5.32 Å². The number of non-ortho nitro benzene ring substituents is 1. The second kappa shape index (κ2) is 9.15. The zero-order valence-electron chi connectivity index (χ0n) is 16.4. The average Bonchev–Trinajstić information content (AvgIpc) is 2.74. The summed E-state index contributed by atoms with van der Waals surface area (Å²) in [4.78, 5) is 23.1. The number of nitro benzene ring substituents is 1. The van der Waals surface area contributed by atoms with Gasteiger partial charge in [-0.05, 0) is 55.0 Å². The highest BCUT2D eigenvalue weighted by Crippen LogP contribution is 2.26. The van der Waals surface area contributed by atoms with E-state index in [1.54, 1.807) is 43.3 Å². The SMILES string of the molecule is Cc1cc(Cl)ccc1NC(=O)CN(c1ccc([N+](=O)[O-])cc1)S(=O)(=O)c1ccccc1. The van der Waals surface area contributed by atoms with Crippen molar-refractivity contribution in [2.45, 2.75) is 11.8 Å². The molecule has 0 atom stereocenters. The third-order valence-corrected chi connectivity index (χ3v) is 6.45. The molecule has 0 spiro atoms. The van der Waals surface area contributed by atoms with Gasteiger partial charge in [0.2, 0.25) is 5.91 Å². The van der Waals surface area contributed by atoms with Crippen LogP contribution >= 0.6 is 11.6 Å². The van der Waals surface area contributed by atoms with Crippen LogP contribution in [0.4, 0.5) is 17.1 Å². The second-order valence-corrected chi connectivity index (χ2v) is 8.90. The van der Waals surface area contributed by atoms with Gasteiger partial charge in [-0.3, -0.25) is 19.2 Å². The average molecular weight is 460 g/mol. The molecule has 0 aliphatic carbocycles. The van der Waals surface area contributed by atoms with E-state index in [0.717, 1.165) is 4.31 Å². The van der Waals surface area contributed by atoms with Crippen LogP contribution in [-0.2, 0) is 14.8 Å². The molecule has 1 amide bonds. The number of nitrogens with one attached hydrogen (secondary N) is 1. The number of amides is 1. The predicted molar refractivity (Wildman–Crippen MR) is 119 cm³/mol. The molecule has 3 aromatic rings. The van der Waals surface area contributed by atoms with Gasteiger partial charge in [-0.15, -0.1) is 0 Å². The number of hydrogen-bond acceptors (Lipinski definition) is 5. The van der Waals surface area contributed by atoms with Gasteiger partial charge >= 0.3 is 0 Å². The Bertz CT molecular complexity index is 1220. The highest BCUT2D eigenvalue weighted by molar-refractivity contribution is 7.92. The van der Waals surface area contributed by atoms with Gasteiger partial charge in [0.05, 0.1) is 15.5 Å². The fourth-order valence-electron chi connectivity index (χ4n) is 2.86. The quantitative estimate of drug-likeness (QED) is 0.416. The minimum absolute atomic E-state index is 0.0103. The number of nitro groups is 1. The summed E-state index contributed by atoms with van der Waals surface area (Å²) in [6, 6.07) is 17.5. The van der Waals surface area contributed by atoms with E-state index >= 15 is 0 Å². The molecule has 0 unspecified atom stereocenters. The third kappa shape index (κ3) is 5.19. The summed E-state index contributed by atoms with van der Waals surface area (Å²) in [6.45, 7) is 1.23. The standard InChI is InChI=1S/C21H18ClN3O5S/c1-15-13-16(22)7-12-20(15)23-21(26)14-24(17-8-10-18(11-9-17)25(27)28)31(29,30)19-5-3-2-4-6-19/h2-13H,14H2,1H3,(H,23,26). The number of aryl methyl sites for hydroxylation is 1. The summed E-state index contributed by atoms with van der Waals surface area (Å²) in [6.07, 6.45) is 0. The molecule has 3 rings (SSSR count). The van der Waals surface area contributed by atoms with Gasteiger partial charge in [-0.25, -0.2) is 8.42 Å². The van der Waals surface area contributed by atoms with Gasteiger partial charge in [-0.2, -0.15) is 0 Å². The molecule has 0 fully saturated rings. The highest BCUT2D eigenvalue weighted by Gasteiger charge is 2.27. The molecule has 160 valence electrons. The Morgan fingerprint density at radius 2 is 1.71 bits per heavy atom. The number of rotatable bonds is 7. The van der Waals surface area contributed by atoms with Gasteiger partial charge in [-0.1, -0.05) is 29.8 Å². The molecule has 0 saturated carbocycles. The van der Waals surface area contributed by atoms with Crippen molar-refractivity contribution in [1.29, 1.82) is 0 Å². The topological polar surface area (TPSA) is 110 Å². The summed E-state index contributed by atoms with van der Waals surface area (Å²) in [7, 11) is -4.11. The number of benzene rings is 3. The van der Waals surface area contributed by atoms with E-state index in [-0.39, 0.29) is 16.3 Å². The molecule has 0 aliphatic heterocycles. The predicted octanol–water partition coefficient (Wildman–Crippen LogP) is 4.39. The molecular weight excluding hydrogens is 442 g/mol. The van der Waals surface area contributed by atoms with Crippen LogP contribution in [-0.4, -0.2) is 25.8 Å². The van der Waals surface area contributed by atoms with E-state index in [0.29, 0.717) is 16.3 Å². The maximum atomic E-state index is 13.2. The Morgan fingerprint density at radius 1 is 1.06 bits per heavy atom. The summed E-state index contributed by atoms with van der Waals surface area (Å²) < 4.78 is 27.4.